The predicted molar refractivity (Wildman–Crippen MR) is 84.4 cm³/mol. The minimum absolute atomic E-state index is 0.00912. The van der Waals surface area contributed by atoms with E-state index < -0.39 is 0 Å². The molecule has 1 aromatic carbocycles. The molecule has 0 spiro atoms. The summed E-state index contributed by atoms with van der Waals surface area (Å²) >= 11 is 0. The van der Waals surface area contributed by atoms with Crippen molar-refractivity contribution >= 4 is 5.91 Å². The lowest BCUT2D eigenvalue weighted by atomic mass is 10.00. The molecule has 114 valence electrons. The number of likely N-dealkylation sites (N-methyl/N-ethyl adjacent to an activating group) is 1. The fourth-order valence-electron chi connectivity index (χ4n) is 3.15. The van der Waals surface area contributed by atoms with Crippen molar-refractivity contribution in [2.45, 2.75) is 18.9 Å². The first-order valence-electron chi connectivity index (χ1n) is 7.92. The maximum atomic E-state index is 11.8. The van der Waals surface area contributed by atoms with Gasteiger partial charge < -0.3 is 5.32 Å². The first kappa shape index (κ1) is 14.5. The average molecular weight is 287 g/mol. The maximum Gasteiger partial charge on any atom is 0.251 e. The Kier molecular flexibility index (Phi) is 4.27. The molecule has 1 aliphatic heterocycles. The summed E-state index contributed by atoms with van der Waals surface area (Å²) in [7, 11) is 3.87. The Morgan fingerprint density at radius 3 is 2.86 bits per heavy atom. The van der Waals surface area contributed by atoms with Crippen LogP contribution in [-0.4, -0.2) is 56.0 Å². The molecule has 0 bridgehead atoms. The first-order chi connectivity index (χ1) is 10.2. The van der Waals surface area contributed by atoms with E-state index in [1.165, 1.54) is 31.5 Å². The number of hydrogen-bond acceptors (Lipinski definition) is 3. The minimum Gasteiger partial charge on any atom is -0.355 e. The number of nitrogens with one attached hydrogen (secondary N) is 1. The monoisotopic (exact) mass is 287 g/mol. The summed E-state index contributed by atoms with van der Waals surface area (Å²) in [4.78, 5) is 16.8. The summed E-state index contributed by atoms with van der Waals surface area (Å²) < 4.78 is 0. The molecule has 0 radical (unpaired) electrons. The lowest BCUT2D eigenvalue weighted by Crippen LogP contribution is -2.47. The van der Waals surface area contributed by atoms with Crippen LogP contribution in [0, 0.1) is 5.92 Å². The Morgan fingerprint density at radius 2 is 2.14 bits per heavy atom. The lowest BCUT2D eigenvalue weighted by Gasteiger charge is -2.40. The fourth-order valence-corrected chi connectivity index (χ4v) is 3.15. The molecule has 4 heteroatoms. The Morgan fingerprint density at radius 1 is 1.33 bits per heavy atom. The minimum atomic E-state index is -0.00912. The van der Waals surface area contributed by atoms with Gasteiger partial charge in [0, 0.05) is 44.8 Å². The molecular formula is C17H25N3O. The number of piperazine rings is 1. The quantitative estimate of drug-likeness (QED) is 0.916. The zero-order valence-corrected chi connectivity index (χ0v) is 13.0. The Bertz CT molecular complexity index is 513. The highest BCUT2D eigenvalue weighted by molar-refractivity contribution is 5.94. The second-order valence-corrected chi connectivity index (χ2v) is 6.40. The third kappa shape index (κ3) is 3.44. The lowest BCUT2D eigenvalue weighted by molar-refractivity contribution is 0.0917. The number of benzene rings is 1. The third-order valence-corrected chi connectivity index (χ3v) is 4.71. The number of amides is 1. The largest absolute Gasteiger partial charge is 0.355 e. The van der Waals surface area contributed by atoms with Crippen molar-refractivity contribution < 1.29 is 4.79 Å². The average Bonchev–Trinajstić information content (AvgIpc) is 3.32. The number of hydrogen-bond donors (Lipinski definition) is 1. The molecule has 2 aliphatic rings. The standard InChI is InChI=1S/C17H25N3O/c1-18-17(21)15-5-3-4-14(10-15)16-12-20(9-8-19(16)2)11-13-6-7-13/h3-5,10,13,16H,6-9,11-12H2,1-2H3,(H,18,21)/t16-/m1/s1. The van der Waals surface area contributed by atoms with Crippen molar-refractivity contribution in [3.8, 4) is 0 Å². The highest BCUT2D eigenvalue weighted by atomic mass is 16.1. The van der Waals surface area contributed by atoms with Crippen LogP contribution in [0.3, 0.4) is 0 Å². The molecule has 1 saturated heterocycles. The predicted octanol–water partition coefficient (Wildman–Crippen LogP) is 1.74. The van der Waals surface area contributed by atoms with Crippen LogP contribution in [0.15, 0.2) is 24.3 Å². The van der Waals surface area contributed by atoms with Crippen molar-refractivity contribution in [1.82, 2.24) is 15.1 Å². The van der Waals surface area contributed by atoms with Crippen LogP contribution in [0.4, 0.5) is 0 Å². The molecule has 3 rings (SSSR count). The summed E-state index contributed by atoms with van der Waals surface area (Å²) in [6.45, 7) is 4.59. The Labute approximate surface area is 127 Å². The van der Waals surface area contributed by atoms with Gasteiger partial charge in [0.1, 0.15) is 0 Å². The van der Waals surface area contributed by atoms with Crippen LogP contribution in [0.25, 0.3) is 0 Å². The van der Waals surface area contributed by atoms with E-state index in [0.29, 0.717) is 6.04 Å². The van der Waals surface area contributed by atoms with E-state index in [0.717, 1.165) is 24.6 Å². The second kappa shape index (κ2) is 6.16. The molecule has 1 N–H and O–H groups in total. The van der Waals surface area contributed by atoms with E-state index in [1.54, 1.807) is 7.05 Å². The van der Waals surface area contributed by atoms with Crippen molar-refractivity contribution in [2.24, 2.45) is 5.92 Å². The maximum absolute atomic E-state index is 11.8. The van der Waals surface area contributed by atoms with E-state index in [-0.39, 0.29) is 5.91 Å². The van der Waals surface area contributed by atoms with E-state index in [9.17, 15) is 4.79 Å². The van der Waals surface area contributed by atoms with Gasteiger partial charge in [-0.3, -0.25) is 14.6 Å². The molecule has 1 amide bonds. The highest BCUT2D eigenvalue weighted by Crippen LogP contribution is 2.32. The molecule has 2 fully saturated rings. The van der Waals surface area contributed by atoms with Crippen LogP contribution >= 0.6 is 0 Å². The van der Waals surface area contributed by atoms with Crippen LogP contribution < -0.4 is 5.32 Å². The smallest absolute Gasteiger partial charge is 0.251 e. The third-order valence-electron chi connectivity index (χ3n) is 4.71. The number of nitrogens with zero attached hydrogens (tertiary/aromatic N) is 2. The SMILES string of the molecule is CNC(=O)c1cccc([C@H]2CN(CC3CC3)CCN2C)c1. The topological polar surface area (TPSA) is 35.6 Å². The summed E-state index contributed by atoms with van der Waals surface area (Å²) in [6.07, 6.45) is 2.81. The van der Waals surface area contributed by atoms with Gasteiger partial charge in [0.25, 0.3) is 5.91 Å². The van der Waals surface area contributed by atoms with Crippen molar-refractivity contribution in [1.29, 1.82) is 0 Å². The van der Waals surface area contributed by atoms with Gasteiger partial charge in [0.2, 0.25) is 0 Å². The molecule has 1 aromatic rings. The summed E-state index contributed by atoms with van der Waals surface area (Å²) in [5, 5.41) is 2.70. The van der Waals surface area contributed by atoms with Gasteiger partial charge in [-0.25, -0.2) is 0 Å². The van der Waals surface area contributed by atoms with E-state index in [1.807, 2.05) is 18.2 Å². The Balaban J connectivity index is 1.74. The van der Waals surface area contributed by atoms with Crippen molar-refractivity contribution in [3.05, 3.63) is 35.4 Å². The van der Waals surface area contributed by atoms with Crippen molar-refractivity contribution in [3.63, 3.8) is 0 Å². The number of carbonyl (C=O) groups is 1. The summed E-state index contributed by atoms with van der Waals surface area (Å²) in [6, 6.07) is 8.46. The summed E-state index contributed by atoms with van der Waals surface area (Å²) in [5.41, 5.74) is 2.00. The van der Waals surface area contributed by atoms with E-state index in [2.05, 4.69) is 28.2 Å². The molecule has 0 aromatic heterocycles. The molecule has 0 unspecified atom stereocenters. The van der Waals surface area contributed by atoms with Gasteiger partial charge in [-0.2, -0.15) is 0 Å². The fraction of sp³-hybridized carbons (Fsp3) is 0.588. The van der Waals surface area contributed by atoms with Crippen molar-refractivity contribution in [2.75, 3.05) is 40.3 Å². The van der Waals surface area contributed by atoms with Crippen LogP contribution in [0.2, 0.25) is 0 Å². The van der Waals surface area contributed by atoms with Crippen LogP contribution in [0.1, 0.15) is 34.8 Å². The first-order valence-corrected chi connectivity index (χ1v) is 7.92. The molecule has 1 saturated carbocycles. The normalized spacial score (nSPS) is 24.0. The zero-order valence-electron chi connectivity index (χ0n) is 13.0. The van der Waals surface area contributed by atoms with Gasteiger partial charge in [-0.1, -0.05) is 12.1 Å². The van der Waals surface area contributed by atoms with Gasteiger partial charge in [0.05, 0.1) is 0 Å². The molecule has 1 atom stereocenters. The molecule has 1 heterocycles. The molecule has 1 aliphatic carbocycles. The molecular weight excluding hydrogens is 262 g/mol. The van der Waals surface area contributed by atoms with E-state index >= 15 is 0 Å². The Hall–Kier alpha value is -1.39. The number of rotatable bonds is 4. The number of carbonyl (C=O) groups excluding carboxylic acids is 1. The van der Waals surface area contributed by atoms with Gasteiger partial charge >= 0.3 is 0 Å². The zero-order chi connectivity index (χ0) is 14.8. The highest BCUT2D eigenvalue weighted by Gasteiger charge is 2.30. The summed E-state index contributed by atoms with van der Waals surface area (Å²) in [5.74, 6) is 0.927. The van der Waals surface area contributed by atoms with Crippen LogP contribution in [0.5, 0.6) is 0 Å². The second-order valence-electron chi connectivity index (χ2n) is 6.40. The van der Waals surface area contributed by atoms with Gasteiger partial charge in [-0.05, 0) is 43.5 Å². The van der Waals surface area contributed by atoms with E-state index in [4.69, 9.17) is 0 Å². The van der Waals surface area contributed by atoms with Crippen LogP contribution in [-0.2, 0) is 0 Å². The van der Waals surface area contributed by atoms with Gasteiger partial charge in [0.15, 0.2) is 0 Å². The molecule has 21 heavy (non-hydrogen) atoms. The molecule has 4 nitrogen and oxygen atoms in total. The van der Waals surface area contributed by atoms with Gasteiger partial charge in [-0.15, -0.1) is 0 Å².